The summed E-state index contributed by atoms with van der Waals surface area (Å²) in [6.07, 6.45) is -0.452. The SMILES string of the molecule is O=C([O-])CC1Nc2ccc(C(=O)O)cc2CNC1=O. The van der Waals surface area contributed by atoms with Crippen LogP contribution in [0.3, 0.4) is 0 Å². The van der Waals surface area contributed by atoms with Gasteiger partial charge in [0.05, 0.1) is 5.56 Å². The molecule has 0 fully saturated rings. The van der Waals surface area contributed by atoms with Crippen molar-refractivity contribution in [3.63, 3.8) is 0 Å². The lowest BCUT2D eigenvalue weighted by Crippen LogP contribution is -2.41. The van der Waals surface area contributed by atoms with Crippen molar-refractivity contribution in [2.45, 2.75) is 19.0 Å². The number of aliphatic carboxylic acids is 1. The summed E-state index contributed by atoms with van der Waals surface area (Å²) in [4.78, 5) is 33.1. The summed E-state index contributed by atoms with van der Waals surface area (Å²) >= 11 is 0. The molecular weight excluding hydrogens is 252 g/mol. The molecule has 3 N–H and O–H groups in total. The van der Waals surface area contributed by atoms with Crippen molar-refractivity contribution in [2.24, 2.45) is 0 Å². The van der Waals surface area contributed by atoms with E-state index in [1.54, 1.807) is 0 Å². The number of fused-ring (bicyclic) bond motifs is 1. The van der Waals surface area contributed by atoms with E-state index in [4.69, 9.17) is 5.11 Å². The van der Waals surface area contributed by atoms with Gasteiger partial charge < -0.3 is 25.6 Å². The average molecular weight is 263 g/mol. The van der Waals surface area contributed by atoms with Crippen LogP contribution >= 0.6 is 0 Å². The predicted octanol–water partition coefficient (Wildman–Crippen LogP) is -1.06. The highest BCUT2D eigenvalue weighted by Gasteiger charge is 2.23. The van der Waals surface area contributed by atoms with Crippen LogP contribution in [-0.4, -0.2) is 29.0 Å². The Morgan fingerprint density at radius 2 is 2.16 bits per heavy atom. The number of nitrogens with one attached hydrogen (secondary N) is 2. The van der Waals surface area contributed by atoms with Crippen LogP contribution in [0.4, 0.5) is 5.69 Å². The van der Waals surface area contributed by atoms with Crippen LogP contribution in [0.5, 0.6) is 0 Å². The molecule has 1 unspecified atom stereocenters. The normalized spacial score (nSPS) is 17.7. The molecule has 0 saturated carbocycles. The number of carbonyl (C=O) groups is 3. The number of hydrogen-bond acceptors (Lipinski definition) is 5. The monoisotopic (exact) mass is 263 g/mol. The van der Waals surface area contributed by atoms with E-state index >= 15 is 0 Å². The second-order valence-electron chi connectivity index (χ2n) is 4.17. The Kier molecular flexibility index (Phi) is 3.37. The fraction of sp³-hybridized carbons (Fsp3) is 0.250. The summed E-state index contributed by atoms with van der Waals surface area (Å²) in [5, 5.41) is 24.8. The first-order valence-electron chi connectivity index (χ1n) is 5.57. The second kappa shape index (κ2) is 4.97. The fourth-order valence-corrected chi connectivity index (χ4v) is 1.88. The van der Waals surface area contributed by atoms with Gasteiger partial charge in [0.25, 0.3) is 0 Å². The van der Waals surface area contributed by atoms with Crippen molar-refractivity contribution in [1.29, 1.82) is 0 Å². The van der Waals surface area contributed by atoms with Gasteiger partial charge in [0.15, 0.2) is 0 Å². The van der Waals surface area contributed by atoms with Crippen LogP contribution < -0.4 is 15.7 Å². The maximum Gasteiger partial charge on any atom is 0.335 e. The molecule has 0 saturated heterocycles. The van der Waals surface area contributed by atoms with Gasteiger partial charge in [-0.2, -0.15) is 0 Å². The maximum absolute atomic E-state index is 11.7. The Labute approximate surface area is 108 Å². The summed E-state index contributed by atoms with van der Waals surface area (Å²) in [7, 11) is 0. The number of aromatic carboxylic acids is 1. The van der Waals surface area contributed by atoms with Crippen LogP contribution in [0.2, 0.25) is 0 Å². The quantitative estimate of drug-likeness (QED) is 0.639. The minimum absolute atomic E-state index is 0.105. The first kappa shape index (κ1) is 12.9. The highest BCUT2D eigenvalue weighted by atomic mass is 16.4. The first-order chi connectivity index (χ1) is 8.97. The molecule has 2 rings (SSSR count). The smallest absolute Gasteiger partial charge is 0.335 e. The standard InChI is InChI=1S/C12H12N2O5/c15-10(16)4-9-11(17)13-5-7-3-6(12(18)19)1-2-8(7)14-9/h1-3,9,14H,4-5H2,(H,13,17)(H,15,16)(H,18,19)/p-1. The van der Waals surface area contributed by atoms with Crippen molar-refractivity contribution in [2.75, 3.05) is 5.32 Å². The lowest BCUT2D eigenvalue weighted by Gasteiger charge is -2.16. The molecule has 7 heteroatoms. The van der Waals surface area contributed by atoms with Gasteiger partial charge in [-0.25, -0.2) is 4.79 Å². The molecule has 0 aliphatic carbocycles. The molecule has 0 radical (unpaired) electrons. The minimum Gasteiger partial charge on any atom is -0.550 e. The van der Waals surface area contributed by atoms with Gasteiger partial charge in [0.2, 0.25) is 5.91 Å². The van der Waals surface area contributed by atoms with Crippen LogP contribution in [0.1, 0.15) is 22.3 Å². The molecule has 1 heterocycles. The highest BCUT2D eigenvalue weighted by Crippen LogP contribution is 2.21. The van der Waals surface area contributed by atoms with Crippen LogP contribution in [0.25, 0.3) is 0 Å². The van der Waals surface area contributed by atoms with Gasteiger partial charge in [-0.1, -0.05) is 0 Å². The third kappa shape index (κ3) is 2.82. The summed E-state index contributed by atoms with van der Waals surface area (Å²) in [5.74, 6) is -2.86. The topological polar surface area (TPSA) is 119 Å². The number of carbonyl (C=O) groups excluding carboxylic acids is 2. The molecule has 19 heavy (non-hydrogen) atoms. The van der Waals surface area contributed by atoms with Gasteiger partial charge in [-0.05, 0) is 23.8 Å². The van der Waals surface area contributed by atoms with Crippen molar-refractivity contribution < 1.29 is 24.6 Å². The number of amides is 1. The van der Waals surface area contributed by atoms with E-state index in [2.05, 4.69) is 10.6 Å². The Morgan fingerprint density at radius 3 is 2.79 bits per heavy atom. The van der Waals surface area contributed by atoms with Crippen molar-refractivity contribution >= 4 is 23.5 Å². The summed E-state index contributed by atoms with van der Waals surface area (Å²) in [6, 6.07) is 3.41. The second-order valence-corrected chi connectivity index (χ2v) is 4.17. The average Bonchev–Trinajstić information content (AvgIpc) is 2.49. The van der Waals surface area contributed by atoms with Crippen LogP contribution in [-0.2, 0) is 16.1 Å². The Bertz CT molecular complexity index is 555. The van der Waals surface area contributed by atoms with E-state index in [1.807, 2.05) is 0 Å². The first-order valence-corrected chi connectivity index (χ1v) is 5.57. The molecule has 0 aromatic heterocycles. The Hall–Kier alpha value is -2.57. The zero-order valence-electron chi connectivity index (χ0n) is 9.80. The zero-order valence-corrected chi connectivity index (χ0v) is 9.80. The van der Waals surface area contributed by atoms with Gasteiger partial charge in [-0.3, -0.25) is 4.79 Å². The molecule has 1 aliphatic rings. The Balaban J connectivity index is 2.30. The van der Waals surface area contributed by atoms with Gasteiger partial charge >= 0.3 is 5.97 Å². The maximum atomic E-state index is 11.7. The molecule has 0 bridgehead atoms. The van der Waals surface area contributed by atoms with E-state index in [9.17, 15) is 19.5 Å². The van der Waals surface area contributed by atoms with Crippen LogP contribution in [0.15, 0.2) is 18.2 Å². The molecule has 100 valence electrons. The number of carboxylic acids is 2. The van der Waals surface area contributed by atoms with Crippen molar-refractivity contribution in [3.8, 4) is 0 Å². The molecule has 1 aromatic carbocycles. The van der Waals surface area contributed by atoms with Gasteiger partial charge in [0.1, 0.15) is 6.04 Å². The summed E-state index contributed by atoms with van der Waals surface area (Å²) in [6.45, 7) is 0.145. The molecule has 1 aliphatic heterocycles. The lowest BCUT2D eigenvalue weighted by atomic mass is 10.1. The molecule has 1 atom stereocenters. The van der Waals surface area contributed by atoms with Gasteiger partial charge in [0, 0.05) is 24.6 Å². The third-order valence-corrected chi connectivity index (χ3v) is 2.82. The fourth-order valence-electron chi connectivity index (χ4n) is 1.88. The molecule has 7 nitrogen and oxygen atoms in total. The van der Waals surface area contributed by atoms with E-state index in [0.29, 0.717) is 11.3 Å². The molecule has 1 aromatic rings. The summed E-state index contributed by atoms with van der Waals surface area (Å²) < 4.78 is 0. The van der Waals surface area contributed by atoms with E-state index in [0.717, 1.165) is 0 Å². The van der Waals surface area contributed by atoms with Crippen molar-refractivity contribution in [3.05, 3.63) is 29.3 Å². The number of rotatable bonds is 3. The Morgan fingerprint density at radius 1 is 1.42 bits per heavy atom. The minimum atomic E-state index is -1.33. The van der Waals surface area contributed by atoms with E-state index in [1.165, 1.54) is 18.2 Å². The number of hydrogen-bond donors (Lipinski definition) is 3. The highest BCUT2D eigenvalue weighted by molar-refractivity contribution is 5.91. The lowest BCUT2D eigenvalue weighted by molar-refractivity contribution is -0.305. The molecule has 1 amide bonds. The van der Waals surface area contributed by atoms with Crippen molar-refractivity contribution in [1.82, 2.24) is 5.32 Å². The van der Waals surface area contributed by atoms with E-state index in [-0.39, 0.29) is 12.1 Å². The number of benzene rings is 1. The third-order valence-electron chi connectivity index (χ3n) is 2.82. The number of anilines is 1. The largest absolute Gasteiger partial charge is 0.550 e. The van der Waals surface area contributed by atoms with E-state index < -0.39 is 30.3 Å². The molecule has 0 spiro atoms. The predicted molar refractivity (Wildman–Crippen MR) is 62.3 cm³/mol. The molecular formula is C12H11N2O5-. The number of carboxylic acid groups (broad SMARTS) is 2. The summed E-state index contributed by atoms with van der Waals surface area (Å²) in [5.41, 5.74) is 1.23. The zero-order chi connectivity index (χ0) is 14.0. The van der Waals surface area contributed by atoms with Crippen LogP contribution in [0, 0.1) is 0 Å². The van der Waals surface area contributed by atoms with Gasteiger partial charge in [-0.15, -0.1) is 0 Å².